The zero-order valence-electron chi connectivity index (χ0n) is 16.8. The van der Waals surface area contributed by atoms with Crippen LogP contribution in [0, 0.1) is 0 Å². The average Bonchev–Trinajstić information content (AvgIpc) is 2.76. The summed E-state index contributed by atoms with van der Waals surface area (Å²) in [7, 11) is 2.06. The topological polar surface area (TPSA) is 41.0 Å². The van der Waals surface area contributed by atoms with E-state index in [1.54, 1.807) is 6.20 Å². The Hall–Kier alpha value is -2.59. The summed E-state index contributed by atoms with van der Waals surface area (Å²) in [5.74, 6) is 1.79. The minimum atomic E-state index is 0.501. The van der Waals surface area contributed by atoms with Crippen LogP contribution in [0.5, 0.6) is 0 Å². The minimum absolute atomic E-state index is 0.501. The maximum Gasteiger partial charge on any atom is 0.129 e. The van der Waals surface area contributed by atoms with Gasteiger partial charge < -0.3 is 10.2 Å². The van der Waals surface area contributed by atoms with E-state index in [2.05, 4.69) is 46.5 Å². The molecular weight excluding hydrogens is 380 g/mol. The molecule has 2 aromatic heterocycles. The van der Waals surface area contributed by atoms with E-state index in [9.17, 15) is 0 Å². The second kappa shape index (κ2) is 9.27. The van der Waals surface area contributed by atoms with Gasteiger partial charge in [-0.15, -0.1) is 0 Å². The van der Waals surface area contributed by atoms with E-state index in [1.807, 2.05) is 30.3 Å². The van der Waals surface area contributed by atoms with Gasteiger partial charge in [-0.3, -0.25) is 0 Å². The molecule has 1 N–H and O–H groups in total. The van der Waals surface area contributed by atoms with E-state index < -0.39 is 0 Å². The summed E-state index contributed by atoms with van der Waals surface area (Å²) < 4.78 is 0. The predicted octanol–water partition coefficient (Wildman–Crippen LogP) is 6.18. The Bertz CT molecular complexity index is 939. The summed E-state index contributed by atoms with van der Waals surface area (Å²) in [5, 5.41) is 4.20. The number of hydrogen-bond donors (Lipinski definition) is 1. The van der Waals surface area contributed by atoms with Gasteiger partial charge in [-0.05, 0) is 36.6 Å². The first-order valence-electron chi connectivity index (χ1n) is 10.3. The zero-order valence-corrected chi connectivity index (χ0v) is 17.6. The minimum Gasteiger partial charge on any atom is -0.367 e. The second-order valence-corrected chi connectivity index (χ2v) is 8.16. The third-order valence-electron chi connectivity index (χ3n) is 5.48. The standard InChI is InChI=1S/C24H27ClN4/c1-29(17-18-9-4-2-5-10-18)24-14-8-13-22(28-24)20-15-23(26-16-21(20)25)27-19-11-6-3-7-12-19/h2,4-5,8-10,13-16,19H,3,6-7,11-12,17H2,1H3,(H,26,27). The number of benzene rings is 1. The average molecular weight is 407 g/mol. The van der Waals surface area contributed by atoms with Crippen LogP contribution >= 0.6 is 11.6 Å². The summed E-state index contributed by atoms with van der Waals surface area (Å²) in [6.45, 7) is 0.801. The normalized spacial score (nSPS) is 14.6. The lowest BCUT2D eigenvalue weighted by molar-refractivity contribution is 0.462. The van der Waals surface area contributed by atoms with Crippen molar-refractivity contribution in [2.45, 2.75) is 44.7 Å². The number of rotatable bonds is 6. The fourth-order valence-corrected chi connectivity index (χ4v) is 4.09. The molecule has 0 atom stereocenters. The zero-order chi connectivity index (χ0) is 20.1. The molecule has 1 aromatic carbocycles. The lowest BCUT2D eigenvalue weighted by Gasteiger charge is -2.23. The summed E-state index contributed by atoms with van der Waals surface area (Å²) in [6, 6.07) is 19.0. The SMILES string of the molecule is CN(Cc1ccccc1)c1cccc(-c2cc(NC3CCCCC3)ncc2Cl)n1. The van der Waals surface area contributed by atoms with Gasteiger partial charge in [0.05, 0.1) is 10.7 Å². The number of hydrogen-bond acceptors (Lipinski definition) is 4. The molecule has 1 aliphatic carbocycles. The first kappa shape index (κ1) is 19.7. The summed E-state index contributed by atoms with van der Waals surface area (Å²) in [6.07, 6.45) is 8.05. The quantitative estimate of drug-likeness (QED) is 0.530. The molecule has 0 aliphatic heterocycles. The van der Waals surface area contributed by atoms with Gasteiger partial charge in [0.2, 0.25) is 0 Å². The number of nitrogens with one attached hydrogen (secondary N) is 1. The Labute approximate surface area is 178 Å². The van der Waals surface area contributed by atoms with Crippen LogP contribution in [0.4, 0.5) is 11.6 Å². The maximum absolute atomic E-state index is 6.49. The number of halogens is 1. The Morgan fingerprint density at radius 1 is 1.03 bits per heavy atom. The summed E-state index contributed by atoms with van der Waals surface area (Å²) in [4.78, 5) is 11.5. The van der Waals surface area contributed by atoms with E-state index in [0.717, 1.165) is 29.4 Å². The van der Waals surface area contributed by atoms with Crippen molar-refractivity contribution < 1.29 is 0 Å². The lowest BCUT2D eigenvalue weighted by Crippen LogP contribution is -2.22. The lowest BCUT2D eigenvalue weighted by atomic mass is 9.95. The second-order valence-electron chi connectivity index (χ2n) is 7.75. The van der Waals surface area contributed by atoms with Gasteiger partial charge in [-0.25, -0.2) is 9.97 Å². The van der Waals surface area contributed by atoms with Gasteiger partial charge in [0.25, 0.3) is 0 Å². The van der Waals surface area contributed by atoms with E-state index in [1.165, 1.54) is 37.7 Å². The van der Waals surface area contributed by atoms with E-state index >= 15 is 0 Å². The molecule has 3 aromatic rings. The first-order valence-corrected chi connectivity index (χ1v) is 10.7. The van der Waals surface area contributed by atoms with Gasteiger partial charge in [-0.1, -0.05) is 67.3 Å². The monoisotopic (exact) mass is 406 g/mol. The fraction of sp³-hybridized carbons (Fsp3) is 0.333. The molecule has 0 saturated heterocycles. The third kappa shape index (κ3) is 5.07. The van der Waals surface area contributed by atoms with Crippen molar-refractivity contribution in [2.24, 2.45) is 0 Å². The number of nitrogens with zero attached hydrogens (tertiary/aromatic N) is 3. The molecule has 0 amide bonds. The van der Waals surface area contributed by atoms with Crippen molar-refractivity contribution in [3.63, 3.8) is 0 Å². The number of anilines is 2. The van der Waals surface area contributed by atoms with Crippen molar-refractivity contribution in [1.82, 2.24) is 9.97 Å². The van der Waals surface area contributed by atoms with Crippen LogP contribution in [0.1, 0.15) is 37.7 Å². The molecule has 150 valence electrons. The largest absolute Gasteiger partial charge is 0.367 e. The highest BCUT2D eigenvalue weighted by Gasteiger charge is 2.15. The van der Waals surface area contributed by atoms with Crippen molar-refractivity contribution in [3.8, 4) is 11.3 Å². The van der Waals surface area contributed by atoms with Gasteiger partial charge in [0.15, 0.2) is 0 Å². The number of pyridine rings is 2. The highest BCUT2D eigenvalue weighted by Crippen LogP contribution is 2.30. The van der Waals surface area contributed by atoms with Gasteiger partial charge in [0, 0.05) is 31.4 Å². The molecule has 2 heterocycles. The van der Waals surface area contributed by atoms with Crippen molar-refractivity contribution in [3.05, 3.63) is 71.4 Å². The van der Waals surface area contributed by atoms with E-state index in [4.69, 9.17) is 16.6 Å². The molecule has 5 heteroatoms. The Morgan fingerprint density at radius 3 is 2.62 bits per heavy atom. The van der Waals surface area contributed by atoms with Crippen LogP contribution in [-0.4, -0.2) is 23.1 Å². The van der Waals surface area contributed by atoms with Gasteiger partial charge in [-0.2, -0.15) is 0 Å². The molecular formula is C24H27ClN4. The summed E-state index contributed by atoms with van der Waals surface area (Å²) >= 11 is 6.49. The first-order chi connectivity index (χ1) is 14.2. The Morgan fingerprint density at radius 2 is 1.83 bits per heavy atom. The van der Waals surface area contributed by atoms with E-state index in [-0.39, 0.29) is 0 Å². The molecule has 0 unspecified atom stereocenters. The predicted molar refractivity (Wildman–Crippen MR) is 122 cm³/mol. The fourth-order valence-electron chi connectivity index (χ4n) is 3.89. The van der Waals surface area contributed by atoms with Gasteiger partial charge in [0.1, 0.15) is 11.6 Å². The number of aromatic nitrogens is 2. The Balaban J connectivity index is 1.54. The van der Waals surface area contributed by atoms with E-state index in [0.29, 0.717) is 11.1 Å². The highest BCUT2D eigenvalue weighted by atomic mass is 35.5. The molecule has 0 radical (unpaired) electrons. The molecule has 1 fully saturated rings. The summed E-state index contributed by atoms with van der Waals surface area (Å²) in [5.41, 5.74) is 3.03. The Kier molecular flexibility index (Phi) is 6.30. The van der Waals surface area contributed by atoms with Gasteiger partial charge >= 0.3 is 0 Å². The van der Waals surface area contributed by atoms with Crippen molar-refractivity contribution in [2.75, 3.05) is 17.3 Å². The van der Waals surface area contributed by atoms with Crippen LogP contribution in [-0.2, 0) is 6.54 Å². The van der Waals surface area contributed by atoms with Crippen molar-refractivity contribution >= 4 is 23.2 Å². The highest BCUT2D eigenvalue weighted by molar-refractivity contribution is 6.33. The van der Waals surface area contributed by atoms with Crippen LogP contribution in [0.2, 0.25) is 5.02 Å². The molecule has 29 heavy (non-hydrogen) atoms. The third-order valence-corrected chi connectivity index (χ3v) is 5.78. The molecule has 0 bridgehead atoms. The van der Waals surface area contributed by atoms with Crippen molar-refractivity contribution in [1.29, 1.82) is 0 Å². The smallest absolute Gasteiger partial charge is 0.129 e. The van der Waals surface area contributed by atoms with Crippen LogP contribution in [0.15, 0.2) is 60.8 Å². The molecule has 0 spiro atoms. The molecule has 1 aliphatic rings. The molecule has 4 nitrogen and oxygen atoms in total. The van der Waals surface area contributed by atoms with Crippen LogP contribution in [0.3, 0.4) is 0 Å². The van der Waals surface area contributed by atoms with Crippen LogP contribution < -0.4 is 10.2 Å². The molecule has 4 rings (SSSR count). The van der Waals surface area contributed by atoms with Crippen LogP contribution in [0.25, 0.3) is 11.3 Å². The maximum atomic E-state index is 6.49. The molecule has 1 saturated carbocycles.